The molecule has 0 saturated heterocycles. The van der Waals surface area contributed by atoms with Gasteiger partial charge in [-0.3, -0.25) is 4.79 Å². The highest BCUT2D eigenvalue weighted by molar-refractivity contribution is 6.05. The smallest absolute Gasteiger partial charge is 0.259 e. The number of carbonyl (C=O) groups is 1. The molecule has 0 unspecified atom stereocenters. The van der Waals surface area contributed by atoms with Crippen LogP contribution in [0.5, 0.6) is 0 Å². The van der Waals surface area contributed by atoms with E-state index < -0.39 is 0 Å². The number of aryl methyl sites for hydroxylation is 2. The van der Waals surface area contributed by atoms with E-state index in [0.29, 0.717) is 17.0 Å². The van der Waals surface area contributed by atoms with Crippen molar-refractivity contribution in [1.29, 1.82) is 0 Å². The van der Waals surface area contributed by atoms with Crippen molar-refractivity contribution >= 4 is 11.6 Å². The van der Waals surface area contributed by atoms with Gasteiger partial charge in [0.1, 0.15) is 12.1 Å². The predicted octanol–water partition coefficient (Wildman–Crippen LogP) is 2.64. The summed E-state index contributed by atoms with van der Waals surface area (Å²) in [7, 11) is 1.87. The summed E-state index contributed by atoms with van der Waals surface area (Å²) in [5.41, 5.74) is 2.11. The van der Waals surface area contributed by atoms with Crippen molar-refractivity contribution in [1.82, 2.24) is 14.8 Å². The van der Waals surface area contributed by atoms with Crippen molar-refractivity contribution in [2.45, 2.75) is 6.92 Å². The van der Waals surface area contributed by atoms with Crippen LogP contribution in [0.1, 0.15) is 16.1 Å². The van der Waals surface area contributed by atoms with E-state index in [1.807, 2.05) is 35.9 Å². The number of carbonyl (C=O) groups excluding carboxylic acids is 1. The molecule has 0 atom stereocenters. The van der Waals surface area contributed by atoms with Gasteiger partial charge in [-0.15, -0.1) is 10.2 Å². The van der Waals surface area contributed by atoms with Crippen molar-refractivity contribution in [3.05, 3.63) is 54.2 Å². The first-order valence-electron chi connectivity index (χ1n) is 6.45. The van der Waals surface area contributed by atoms with Crippen molar-refractivity contribution in [3.8, 4) is 11.4 Å². The molecule has 0 bridgehead atoms. The van der Waals surface area contributed by atoms with Crippen LogP contribution >= 0.6 is 0 Å². The number of anilines is 1. The normalized spacial score (nSPS) is 10.6. The summed E-state index contributed by atoms with van der Waals surface area (Å²) in [6.45, 7) is 1.75. The molecular weight excluding hydrogens is 268 g/mol. The average Bonchev–Trinajstić information content (AvgIpc) is 3.07. The van der Waals surface area contributed by atoms with Gasteiger partial charge < -0.3 is 14.3 Å². The molecular formula is C15H14N4O2. The molecule has 21 heavy (non-hydrogen) atoms. The number of rotatable bonds is 3. The maximum absolute atomic E-state index is 12.2. The second-order valence-corrected chi connectivity index (χ2v) is 4.69. The fourth-order valence-corrected chi connectivity index (χ4v) is 2.10. The van der Waals surface area contributed by atoms with Crippen LogP contribution in [0.15, 0.2) is 47.3 Å². The van der Waals surface area contributed by atoms with Crippen LogP contribution in [0, 0.1) is 6.92 Å². The number of furan rings is 1. The Morgan fingerprint density at radius 2 is 2.19 bits per heavy atom. The van der Waals surface area contributed by atoms with E-state index in [4.69, 9.17) is 4.42 Å². The molecule has 2 aromatic heterocycles. The molecule has 0 fully saturated rings. The summed E-state index contributed by atoms with van der Waals surface area (Å²) in [6, 6.07) is 9.12. The summed E-state index contributed by atoms with van der Waals surface area (Å²) in [6.07, 6.45) is 3.13. The lowest BCUT2D eigenvalue weighted by atomic mass is 10.1. The summed E-state index contributed by atoms with van der Waals surface area (Å²) in [5.74, 6) is 1.14. The third kappa shape index (κ3) is 2.55. The van der Waals surface area contributed by atoms with Crippen molar-refractivity contribution in [3.63, 3.8) is 0 Å². The van der Waals surface area contributed by atoms with Gasteiger partial charge >= 0.3 is 0 Å². The van der Waals surface area contributed by atoms with Crippen molar-refractivity contribution in [2.24, 2.45) is 7.05 Å². The van der Waals surface area contributed by atoms with E-state index in [0.717, 1.165) is 11.4 Å². The molecule has 1 aromatic carbocycles. The Kier molecular flexibility index (Phi) is 3.27. The molecule has 6 nitrogen and oxygen atoms in total. The number of hydrogen-bond donors (Lipinski definition) is 1. The quantitative estimate of drug-likeness (QED) is 0.801. The van der Waals surface area contributed by atoms with Crippen molar-refractivity contribution < 1.29 is 9.21 Å². The maximum atomic E-state index is 12.2. The number of nitrogens with one attached hydrogen (secondary N) is 1. The van der Waals surface area contributed by atoms with E-state index in [2.05, 4.69) is 15.5 Å². The predicted molar refractivity (Wildman–Crippen MR) is 77.8 cm³/mol. The minimum Gasteiger partial charge on any atom is -0.469 e. The first kappa shape index (κ1) is 13.1. The SMILES string of the molecule is Cc1occc1C(=O)Nc1cccc(-c2nncn2C)c1. The number of benzene rings is 1. The van der Waals surface area contributed by atoms with Gasteiger partial charge in [0.05, 0.1) is 11.8 Å². The van der Waals surface area contributed by atoms with Crippen LogP contribution in [-0.4, -0.2) is 20.7 Å². The van der Waals surface area contributed by atoms with Crippen LogP contribution in [0.2, 0.25) is 0 Å². The number of amides is 1. The standard InChI is InChI=1S/C15H14N4O2/c1-10-13(6-7-21-10)15(20)17-12-5-3-4-11(8-12)14-18-16-9-19(14)2/h3-9H,1-2H3,(H,17,20). The molecule has 0 aliphatic carbocycles. The van der Waals surface area contributed by atoms with E-state index in [9.17, 15) is 4.79 Å². The van der Waals surface area contributed by atoms with Crippen LogP contribution in [0.4, 0.5) is 5.69 Å². The molecule has 3 rings (SSSR count). The Balaban J connectivity index is 1.86. The molecule has 106 valence electrons. The fourth-order valence-electron chi connectivity index (χ4n) is 2.10. The molecule has 6 heteroatoms. The zero-order valence-electron chi connectivity index (χ0n) is 11.7. The van der Waals surface area contributed by atoms with Crippen LogP contribution in [0.25, 0.3) is 11.4 Å². The zero-order valence-corrected chi connectivity index (χ0v) is 11.7. The Morgan fingerprint density at radius 3 is 2.86 bits per heavy atom. The van der Waals surface area contributed by atoms with E-state index in [-0.39, 0.29) is 5.91 Å². The van der Waals surface area contributed by atoms with Crippen LogP contribution < -0.4 is 5.32 Å². The summed E-state index contributed by atoms with van der Waals surface area (Å²) in [5, 5.41) is 10.8. The molecule has 3 aromatic rings. The third-order valence-electron chi connectivity index (χ3n) is 3.19. The molecule has 0 spiro atoms. The minimum atomic E-state index is -0.198. The first-order valence-corrected chi connectivity index (χ1v) is 6.45. The van der Waals surface area contributed by atoms with Gasteiger partial charge in [0.25, 0.3) is 5.91 Å². The monoisotopic (exact) mass is 282 g/mol. The topological polar surface area (TPSA) is 73.0 Å². The second-order valence-electron chi connectivity index (χ2n) is 4.69. The van der Waals surface area contributed by atoms with E-state index in [1.165, 1.54) is 6.26 Å². The fraction of sp³-hybridized carbons (Fsp3) is 0.133. The Labute approximate surface area is 121 Å². The molecule has 1 amide bonds. The van der Waals surface area contributed by atoms with E-state index in [1.54, 1.807) is 19.3 Å². The average molecular weight is 282 g/mol. The van der Waals surface area contributed by atoms with Gasteiger partial charge in [-0.05, 0) is 25.1 Å². The molecule has 2 heterocycles. The second kappa shape index (κ2) is 5.24. The summed E-state index contributed by atoms with van der Waals surface area (Å²) in [4.78, 5) is 12.2. The van der Waals surface area contributed by atoms with Gasteiger partial charge in [-0.25, -0.2) is 0 Å². The highest BCUT2D eigenvalue weighted by Gasteiger charge is 2.12. The number of nitrogens with zero attached hydrogens (tertiary/aromatic N) is 3. The number of hydrogen-bond acceptors (Lipinski definition) is 4. The van der Waals surface area contributed by atoms with Gasteiger partial charge in [-0.2, -0.15) is 0 Å². The number of aromatic nitrogens is 3. The Morgan fingerprint density at radius 1 is 1.33 bits per heavy atom. The van der Waals surface area contributed by atoms with E-state index >= 15 is 0 Å². The minimum absolute atomic E-state index is 0.198. The zero-order chi connectivity index (χ0) is 14.8. The molecule has 0 saturated carbocycles. The highest BCUT2D eigenvalue weighted by Crippen LogP contribution is 2.21. The summed E-state index contributed by atoms with van der Waals surface area (Å²) < 4.78 is 6.96. The summed E-state index contributed by atoms with van der Waals surface area (Å²) >= 11 is 0. The highest BCUT2D eigenvalue weighted by atomic mass is 16.3. The Bertz CT molecular complexity index is 788. The van der Waals surface area contributed by atoms with Gasteiger partial charge in [-0.1, -0.05) is 12.1 Å². The van der Waals surface area contributed by atoms with Gasteiger partial charge in [0.2, 0.25) is 0 Å². The third-order valence-corrected chi connectivity index (χ3v) is 3.19. The lowest BCUT2D eigenvalue weighted by molar-refractivity contribution is 0.102. The molecule has 0 aliphatic heterocycles. The Hall–Kier alpha value is -2.89. The largest absolute Gasteiger partial charge is 0.469 e. The van der Waals surface area contributed by atoms with Crippen LogP contribution in [0.3, 0.4) is 0 Å². The van der Waals surface area contributed by atoms with Gasteiger partial charge in [0.15, 0.2) is 5.82 Å². The molecule has 1 N–H and O–H groups in total. The van der Waals surface area contributed by atoms with Crippen molar-refractivity contribution in [2.75, 3.05) is 5.32 Å². The molecule has 0 aliphatic rings. The van der Waals surface area contributed by atoms with Gasteiger partial charge in [0, 0.05) is 18.3 Å². The lowest BCUT2D eigenvalue weighted by Crippen LogP contribution is -2.12. The lowest BCUT2D eigenvalue weighted by Gasteiger charge is -2.06. The maximum Gasteiger partial charge on any atom is 0.259 e. The molecule has 0 radical (unpaired) electrons. The first-order chi connectivity index (χ1) is 10.1. The van der Waals surface area contributed by atoms with Crippen LogP contribution in [-0.2, 0) is 7.05 Å².